The molecule has 152 valence electrons. The molecule has 0 radical (unpaired) electrons. The standard InChI is InChI=1S/C24H30N4O/c1-24(2,3)21-9-7-19(8-10-21)5-4-6-23(29)26-22-14-18-28(27-22)17-13-20-11-15-25-16-12-20/h7-12,14-16,18H,4-6,13,17H2,1-3H3,(H,26,27,29). The van der Waals surface area contributed by atoms with Crippen LogP contribution in [-0.4, -0.2) is 20.7 Å². The Balaban J connectivity index is 1.40. The molecule has 1 aromatic carbocycles. The fraction of sp³-hybridized carbons (Fsp3) is 0.375. The average molecular weight is 391 g/mol. The fourth-order valence-corrected chi connectivity index (χ4v) is 3.18. The summed E-state index contributed by atoms with van der Waals surface area (Å²) in [7, 11) is 0. The summed E-state index contributed by atoms with van der Waals surface area (Å²) in [5.74, 6) is 0.620. The lowest BCUT2D eigenvalue weighted by Gasteiger charge is -2.19. The zero-order chi connectivity index (χ0) is 20.7. The van der Waals surface area contributed by atoms with Crippen molar-refractivity contribution >= 4 is 11.7 Å². The molecule has 3 rings (SSSR count). The summed E-state index contributed by atoms with van der Waals surface area (Å²) in [4.78, 5) is 16.2. The van der Waals surface area contributed by atoms with Crippen LogP contribution < -0.4 is 5.32 Å². The molecule has 29 heavy (non-hydrogen) atoms. The molecule has 0 saturated carbocycles. The Morgan fingerprint density at radius 1 is 0.966 bits per heavy atom. The minimum Gasteiger partial charge on any atom is -0.309 e. The van der Waals surface area contributed by atoms with Gasteiger partial charge in [-0.3, -0.25) is 14.5 Å². The highest BCUT2D eigenvalue weighted by atomic mass is 16.1. The number of amides is 1. The second-order valence-electron chi connectivity index (χ2n) is 8.42. The summed E-state index contributed by atoms with van der Waals surface area (Å²) in [6, 6.07) is 14.6. The molecule has 3 aromatic rings. The van der Waals surface area contributed by atoms with Gasteiger partial charge in [-0.25, -0.2) is 0 Å². The number of rotatable bonds is 8. The van der Waals surface area contributed by atoms with E-state index in [-0.39, 0.29) is 11.3 Å². The van der Waals surface area contributed by atoms with E-state index in [1.807, 2.05) is 29.1 Å². The third-order valence-electron chi connectivity index (χ3n) is 4.98. The number of pyridine rings is 1. The molecule has 0 aliphatic heterocycles. The predicted octanol–water partition coefficient (Wildman–Crippen LogP) is 4.78. The first-order valence-corrected chi connectivity index (χ1v) is 10.2. The maximum absolute atomic E-state index is 12.2. The Morgan fingerprint density at radius 2 is 1.66 bits per heavy atom. The van der Waals surface area contributed by atoms with Crippen LogP contribution in [0.15, 0.2) is 61.1 Å². The molecule has 1 N–H and O–H groups in total. The number of nitrogens with zero attached hydrogens (tertiary/aromatic N) is 3. The molecule has 0 aliphatic rings. The van der Waals surface area contributed by atoms with E-state index >= 15 is 0 Å². The van der Waals surface area contributed by atoms with Crippen molar-refractivity contribution in [2.24, 2.45) is 0 Å². The zero-order valence-electron chi connectivity index (χ0n) is 17.6. The van der Waals surface area contributed by atoms with Gasteiger partial charge >= 0.3 is 0 Å². The van der Waals surface area contributed by atoms with Crippen molar-refractivity contribution in [2.45, 2.75) is 58.4 Å². The first kappa shape index (κ1) is 20.8. The molecule has 2 heterocycles. The van der Waals surface area contributed by atoms with E-state index in [2.05, 4.69) is 60.4 Å². The third-order valence-corrected chi connectivity index (χ3v) is 4.98. The van der Waals surface area contributed by atoms with Gasteiger partial charge in [0.2, 0.25) is 5.91 Å². The molecular weight excluding hydrogens is 360 g/mol. The molecule has 0 unspecified atom stereocenters. The first-order chi connectivity index (χ1) is 13.9. The van der Waals surface area contributed by atoms with Crippen LogP contribution in [0.1, 0.15) is 50.3 Å². The normalized spacial score (nSPS) is 11.4. The number of carbonyl (C=O) groups is 1. The van der Waals surface area contributed by atoms with Crippen LogP contribution in [0.4, 0.5) is 5.82 Å². The SMILES string of the molecule is CC(C)(C)c1ccc(CCCC(=O)Nc2ccn(CCc3ccncc3)n2)cc1. The first-order valence-electron chi connectivity index (χ1n) is 10.2. The number of anilines is 1. The second kappa shape index (κ2) is 9.50. The van der Waals surface area contributed by atoms with E-state index in [4.69, 9.17) is 0 Å². The highest BCUT2D eigenvalue weighted by molar-refractivity contribution is 5.89. The largest absolute Gasteiger partial charge is 0.309 e. The Labute approximate surface area is 173 Å². The monoisotopic (exact) mass is 390 g/mol. The van der Waals surface area contributed by atoms with Crippen LogP contribution in [0, 0.1) is 0 Å². The summed E-state index contributed by atoms with van der Waals surface area (Å²) < 4.78 is 1.85. The highest BCUT2D eigenvalue weighted by Gasteiger charge is 2.13. The van der Waals surface area contributed by atoms with Crippen LogP contribution in [0.3, 0.4) is 0 Å². The van der Waals surface area contributed by atoms with E-state index in [1.54, 1.807) is 12.4 Å². The maximum Gasteiger partial charge on any atom is 0.225 e. The Bertz CT molecular complexity index is 908. The maximum atomic E-state index is 12.2. The molecule has 1 amide bonds. The Hall–Kier alpha value is -2.95. The van der Waals surface area contributed by atoms with Crippen molar-refractivity contribution < 1.29 is 4.79 Å². The number of carbonyl (C=O) groups excluding carboxylic acids is 1. The third kappa shape index (κ3) is 6.56. The summed E-state index contributed by atoms with van der Waals surface area (Å²) in [6.07, 6.45) is 8.58. The van der Waals surface area contributed by atoms with Gasteiger partial charge in [0, 0.05) is 37.6 Å². The number of hydrogen-bond donors (Lipinski definition) is 1. The van der Waals surface area contributed by atoms with Gasteiger partial charge in [-0.15, -0.1) is 0 Å². The molecule has 2 aromatic heterocycles. The number of aromatic nitrogens is 3. The second-order valence-corrected chi connectivity index (χ2v) is 8.42. The molecular formula is C24H30N4O. The molecule has 0 spiro atoms. The van der Waals surface area contributed by atoms with Gasteiger partial charge in [-0.2, -0.15) is 5.10 Å². The fourth-order valence-electron chi connectivity index (χ4n) is 3.18. The lowest BCUT2D eigenvalue weighted by atomic mass is 9.86. The van der Waals surface area contributed by atoms with Crippen molar-refractivity contribution in [3.63, 3.8) is 0 Å². The van der Waals surface area contributed by atoms with Crippen molar-refractivity contribution in [2.75, 3.05) is 5.32 Å². The van der Waals surface area contributed by atoms with Crippen molar-refractivity contribution in [1.29, 1.82) is 0 Å². The van der Waals surface area contributed by atoms with Crippen molar-refractivity contribution in [3.05, 3.63) is 77.7 Å². The minimum absolute atomic E-state index is 0.00990. The molecule has 0 fully saturated rings. The molecule has 0 aliphatic carbocycles. The molecule has 0 atom stereocenters. The van der Waals surface area contributed by atoms with E-state index in [0.717, 1.165) is 25.8 Å². The smallest absolute Gasteiger partial charge is 0.225 e. The van der Waals surface area contributed by atoms with Crippen LogP contribution in [0.25, 0.3) is 0 Å². The zero-order valence-corrected chi connectivity index (χ0v) is 17.6. The number of benzene rings is 1. The van der Waals surface area contributed by atoms with E-state index in [9.17, 15) is 4.79 Å². The summed E-state index contributed by atoms with van der Waals surface area (Å²) in [6.45, 7) is 7.41. The number of nitrogens with one attached hydrogen (secondary N) is 1. The molecule has 5 nitrogen and oxygen atoms in total. The molecule has 5 heteroatoms. The van der Waals surface area contributed by atoms with E-state index in [1.165, 1.54) is 16.7 Å². The minimum atomic E-state index is 0.00990. The van der Waals surface area contributed by atoms with Crippen molar-refractivity contribution in [1.82, 2.24) is 14.8 Å². The quantitative estimate of drug-likeness (QED) is 0.602. The highest BCUT2D eigenvalue weighted by Crippen LogP contribution is 2.22. The van der Waals surface area contributed by atoms with Gasteiger partial charge in [0.05, 0.1) is 0 Å². The van der Waals surface area contributed by atoms with Gasteiger partial charge in [0.25, 0.3) is 0 Å². The lowest BCUT2D eigenvalue weighted by molar-refractivity contribution is -0.116. The van der Waals surface area contributed by atoms with Gasteiger partial charge < -0.3 is 5.32 Å². The molecule has 0 saturated heterocycles. The molecule has 0 bridgehead atoms. The van der Waals surface area contributed by atoms with E-state index in [0.29, 0.717) is 12.2 Å². The van der Waals surface area contributed by atoms with Gasteiger partial charge in [-0.1, -0.05) is 45.0 Å². The van der Waals surface area contributed by atoms with Crippen molar-refractivity contribution in [3.8, 4) is 0 Å². The summed E-state index contributed by atoms with van der Waals surface area (Å²) in [5.41, 5.74) is 3.99. The lowest BCUT2D eigenvalue weighted by Crippen LogP contribution is -2.13. The number of hydrogen-bond acceptors (Lipinski definition) is 3. The van der Waals surface area contributed by atoms with Crippen LogP contribution >= 0.6 is 0 Å². The van der Waals surface area contributed by atoms with Crippen LogP contribution in [0.2, 0.25) is 0 Å². The topological polar surface area (TPSA) is 59.8 Å². The van der Waals surface area contributed by atoms with Crippen LogP contribution in [0.5, 0.6) is 0 Å². The van der Waals surface area contributed by atoms with Gasteiger partial charge in [0.1, 0.15) is 0 Å². The Morgan fingerprint density at radius 3 is 2.34 bits per heavy atom. The van der Waals surface area contributed by atoms with Gasteiger partial charge in [-0.05, 0) is 53.5 Å². The van der Waals surface area contributed by atoms with E-state index < -0.39 is 0 Å². The predicted molar refractivity (Wildman–Crippen MR) is 117 cm³/mol. The van der Waals surface area contributed by atoms with Crippen LogP contribution in [-0.2, 0) is 29.6 Å². The summed E-state index contributed by atoms with van der Waals surface area (Å²) in [5, 5.41) is 7.33. The van der Waals surface area contributed by atoms with Gasteiger partial charge in [0.15, 0.2) is 5.82 Å². The average Bonchev–Trinajstić information content (AvgIpc) is 3.14. The Kier molecular flexibility index (Phi) is 6.81. The summed E-state index contributed by atoms with van der Waals surface area (Å²) >= 11 is 0. The number of aryl methyl sites for hydroxylation is 3.